The molecule has 1 aromatic rings. The molecule has 1 fully saturated rings. The number of aromatic nitrogens is 1. The van der Waals surface area contributed by atoms with E-state index in [0.29, 0.717) is 0 Å². The molecule has 23 heavy (non-hydrogen) atoms. The molecule has 0 bridgehead atoms. The molecule has 5 nitrogen and oxygen atoms in total. The largest absolute Gasteiger partial charge is 0.337 e. The lowest BCUT2D eigenvalue weighted by Gasteiger charge is -2.28. The number of hydrogen-bond donors (Lipinski definition) is 1. The summed E-state index contributed by atoms with van der Waals surface area (Å²) in [6, 6.07) is 4.13. The Balaban J connectivity index is 1.73. The van der Waals surface area contributed by atoms with Crippen molar-refractivity contribution in [2.45, 2.75) is 45.6 Å². The molecule has 1 aliphatic heterocycles. The van der Waals surface area contributed by atoms with Gasteiger partial charge >= 0.3 is 6.03 Å². The number of carbonyl (C=O) groups is 1. The fourth-order valence-corrected chi connectivity index (χ4v) is 2.98. The summed E-state index contributed by atoms with van der Waals surface area (Å²) in [5.41, 5.74) is 2.24. The van der Waals surface area contributed by atoms with Crippen molar-refractivity contribution in [1.82, 2.24) is 20.1 Å². The van der Waals surface area contributed by atoms with Crippen molar-refractivity contribution < 1.29 is 4.79 Å². The van der Waals surface area contributed by atoms with E-state index in [1.165, 1.54) is 37.9 Å². The molecule has 128 valence electrons. The normalized spacial score (nSPS) is 16.8. The van der Waals surface area contributed by atoms with E-state index >= 15 is 0 Å². The lowest BCUT2D eigenvalue weighted by atomic mass is 10.1. The molecular formula is C18H30N4O. The summed E-state index contributed by atoms with van der Waals surface area (Å²) in [5, 5.41) is 3.04. The number of aryl methyl sites for hydroxylation is 1. The van der Waals surface area contributed by atoms with Crippen LogP contribution in [0.3, 0.4) is 0 Å². The maximum absolute atomic E-state index is 12.3. The Morgan fingerprint density at radius 2 is 2.13 bits per heavy atom. The lowest BCUT2D eigenvalue weighted by molar-refractivity contribution is 0.187. The van der Waals surface area contributed by atoms with Crippen LogP contribution < -0.4 is 5.32 Å². The van der Waals surface area contributed by atoms with Gasteiger partial charge in [0.15, 0.2) is 0 Å². The molecule has 1 aromatic heterocycles. The number of nitrogens with zero attached hydrogens (tertiary/aromatic N) is 3. The predicted molar refractivity (Wildman–Crippen MR) is 93.6 cm³/mol. The maximum Gasteiger partial charge on any atom is 0.317 e. The van der Waals surface area contributed by atoms with Gasteiger partial charge in [-0.05, 0) is 51.4 Å². The van der Waals surface area contributed by atoms with Gasteiger partial charge in [0.1, 0.15) is 0 Å². The smallest absolute Gasteiger partial charge is 0.317 e. The molecule has 1 aliphatic rings. The summed E-state index contributed by atoms with van der Waals surface area (Å²) in [6.45, 7) is 8.14. The average Bonchev–Trinajstić information content (AvgIpc) is 2.57. The summed E-state index contributed by atoms with van der Waals surface area (Å²) in [5.74, 6) is 0. The minimum Gasteiger partial charge on any atom is -0.337 e. The lowest BCUT2D eigenvalue weighted by Crippen LogP contribution is -2.46. The average molecular weight is 318 g/mol. The van der Waals surface area contributed by atoms with Gasteiger partial charge in [-0.25, -0.2) is 4.79 Å². The van der Waals surface area contributed by atoms with Crippen LogP contribution in [0.2, 0.25) is 0 Å². The maximum atomic E-state index is 12.3. The second-order valence-corrected chi connectivity index (χ2v) is 6.57. The number of carbonyl (C=O) groups excluding carboxylic acids is 1. The molecule has 1 atom stereocenters. The summed E-state index contributed by atoms with van der Waals surface area (Å²) >= 11 is 0. The van der Waals surface area contributed by atoms with Gasteiger partial charge in [0.2, 0.25) is 0 Å². The number of urea groups is 1. The second-order valence-electron chi connectivity index (χ2n) is 6.57. The van der Waals surface area contributed by atoms with Gasteiger partial charge in [0.05, 0.1) is 0 Å². The Morgan fingerprint density at radius 3 is 2.83 bits per heavy atom. The van der Waals surface area contributed by atoms with Crippen LogP contribution in [0.25, 0.3) is 0 Å². The van der Waals surface area contributed by atoms with Crippen LogP contribution in [0, 0.1) is 6.92 Å². The van der Waals surface area contributed by atoms with Crippen LogP contribution in [0.5, 0.6) is 0 Å². The molecule has 5 heteroatoms. The molecule has 1 unspecified atom stereocenters. The van der Waals surface area contributed by atoms with Crippen LogP contribution in [-0.2, 0) is 6.42 Å². The number of amides is 2. The third-order valence-corrected chi connectivity index (χ3v) is 4.74. The van der Waals surface area contributed by atoms with Crippen LogP contribution >= 0.6 is 0 Å². The van der Waals surface area contributed by atoms with Crippen molar-refractivity contribution in [2.24, 2.45) is 0 Å². The topological polar surface area (TPSA) is 48.5 Å². The number of rotatable bonds is 6. The zero-order chi connectivity index (χ0) is 16.7. The fourth-order valence-electron chi connectivity index (χ4n) is 2.98. The zero-order valence-electron chi connectivity index (χ0n) is 14.7. The molecule has 0 aliphatic carbocycles. The molecular weight excluding hydrogens is 288 g/mol. The van der Waals surface area contributed by atoms with Crippen LogP contribution in [-0.4, -0.2) is 60.1 Å². The van der Waals surface area contributed by atoms with Crippen LogP contribution in [0.4, 0.5) is 4.79 Å². The summed E-state index contributed by atoms with van der Waals surface area (Å²) in [6.07, 6.45) is 6.51. The van der Waals surface area contributed by atoms with Crippen molar-refractivity contribution >= 4 is 6.03 Å². The van der Waals surface area contributed by atoms with Gasteiger partial charge < -0.3 is 15.1 Å². The molecule has 1 saturated heterocycles. The van der Waals surface area contributed by atoms with Gasteiger partial charge in [-0.2, -0.15) is 0 Å². The van der Waals surface area contributed by atoms with Crippen molar-refractivity contribution in [3.05, 3.63) is 29.6 Å². The van der Waals surface area contributed by atoms with Gasteiger partial charge in [0, 0.05) is 44.5 Å². The Bertz CT molecular complexity index is 500. The van der Waals surface area contributed by atoms with E-state index < -0.39 is 0 Å². The predicted octanol–water partition coefficient (Wildman–Crippen LogP) is 2.45. The molecule has 2 heterocycles. The minimum atomic E-state index is 0.00286. The van der Waals surface area contributed by atoms with E-state index in [2.05, 4.69) is 35.1 Å². The number of hydrogen-bond acceptors (Lipinski definition) is 3. The van der Waals surface area contributed by atoms with E-state index in [1.54, 1.807) is 4.90 Å². The first-order valence-corrected chi connectivity index (χ1v) is 8.71. The van der Waals surface area contributed by atoms with E-state index in [0.717, 1.165) is 25.2 Å². The molecule has 2 amide bonds. The number of likely N-dealkylation sites (N-methyl/N-ethyl adjacent to an activating group) is 1. The Hall–Kier alpha value is -1.62. The summed E-state index contributed by atoms with van der Waals surface area (Å²) in [7, 11) is 1.86. The molecule has 0 saturated carbocycles. The number of nitrogens with one attached hydrogen (secondary N) is 1. The Labute approximate surface area is 140 Å². The molecule has 0 spiro atoms. The molecule has 0 radical (unpaired) electrons. The number of pyridine rings is 1. The standard InChI is InChI=1S/C18H30N4O/c1-15-8-7-9-19-17(15)14-16(2)21(3)18(23)20-10-13-22-11-5-4-6-12-22/h7-9,16H,4-6,10-14H2,1-3H3,(H,20,23). The first kappa shape index (κ1) is 17.7. The number of likely N-dealkylation sites (tertiary alicyclic amines) is 1. The monoisotopic (exact) mass is 318 g/mol. The zero-order valence-corrected chi connectivity index (χ0v) is 14.7. The highest BCUT2D eigenvalue weighted by Crippen LogP contribution is 2.10. The van der Waals surface area contributed by atoms with Crippen LogP contribution in [0.15, 0.2) is 18.3 Å². The van der Waals surface area contributed by atoms with Crippen molar-refractivity contribution in [3.63, 3.8) is 0 Å². The highest BCUT2D eigenvalue weighted by atomic mass is 16.2. The molecule has 2 rings (SSSR count). The molecule has 1 N–H and O–H groups in total. The Kier molecular flexibility index (Phi) is 6.84. The highest BCUT2D eigenvalue weighted by Gasteiger charge is 2.17. The third kappa shape index (κ3) is 5.50. The molecule has 0 aromatic carbocycles. The number of piperidine rings is 1. The van der Waals surface area contributed by atoms with Crippen LogP contribution in [0.1, 0.15) is 37.4 Å². The van der Waals surface area contributed by atoms with Crippen molar-refractivity contribution in [2.75, 3.05) is 33.2 Å². The minimum absolute atomic E-state index is 0.00286. The van der Waals surface area contributed by atoms with Gasteiger partial charge in [0.25, 0.3) is 0 Å². The third-order valence-electron chi connectivity index (χ3n) is 4.74. The summed E-state index contributed by atoms with van der Waals surface area (Å²) in [4.78, 5) is 20.9. The quantitative estimate of drug-likeness (QED) is 0.876. The van der Waals surface area contributed by atoms with Crippen molar-refractivity contribution in [3.8, 4) is 0 Å². The first-order valence-electron chi connectivity index (χ1n) is 8.71. The van der Waals surface area contributed by atoms with E-state index in [9.17, 15) is 4.79 Å². The van der Waals surface area contributed by atoms with Gasteiger partial charge in [-0.3, -0.25) is 4.98 Å². The fraction of sp³-hybridized carbons (Fsp3) is 0.667. The highest BCUT2D eigenvalue weighted by molar-refractivity contribution is 5.74. The Morgan fingerprint density at radius 1 is 1.39 bits per heavy atom. The van der Waals surface area contributed by atoms with E-state index in [-0.39, 0.29) is 12.1 Å². The summed E-state index contributed by atoms with van der Waals surface area (Å²) < 4.78 is 0. The van der Waals surface area contributed by atoms with Gasteiger partial charge in [-0.15, -0.1) is 0 Å². The SMILES string of the molecule is Cc1cccnc1CC(C)N(C)C(=O)NCCN1CCCCC1. The van der Waals surface area contributed by atoms with Crippen molar-refractivity contribution in [1.29, 1.82) is 0 Å². The van der Waals surface area contributed by atoms with Gasteiger partial charge in [-0.1, -0.05) is 12.5 Å². The van der Waals surface area contributed by atoms with E-state index in [1.807, 2.05) is 19.3 Å². The first-order chi connectivity index (χ1) is 11.1. The van der Waals surface area contributed by atoms with E-state index in [4.69, 9.17) is 0 Å². The second kappa shape index (κ2) is 8.87.